The summed E-state index contributed by atoms with van der Waals surface area (Å²) in [6.07, 6.45) is 3.86. The molecule has 3 fully saturated rings. The molecule has 0 aromatic heterocycles. The summed E-state index contributed by atoms with van der Waals surface area (Å²) in [5.74, 6) is -2.73. The first-order chi connectivity index (χ1) is 20.5. The zero-order chi connectivity index (χ0) is 32.8. The molecule has 5 amide bonds. The predicted molar refractivity (Wildman–Crippen MR) is 161 cm³/mol. The molecule has 13 nitrogen and oxygen atoms in total. The van der Waals surface area contributed by atoms with Crippen LogP contribution in [-0.2, 0) is 28.7 Å². The molecular weight excluding hydrogens is 570 g/mol. The van der Waals surface area contributed by atoms with Crippen LogP contribution in [0, 0.1) is 5.41 Å². The average molecular weight is 622 g/mol. The van der Waals surface area contributed by atoms with Crippen LogP contribution in [0.3, 0.4) is 0 Å². The number of rotatable bonds is 10. The molecule has 248 valence electrons. The predicted octanol–water partition coefficient (Wildman–Crippen LogP) is 2.65. The fourth-order valence-electron chi connectivity index (χ4n) is 5.31. The normalized spacial score (nSPS) is 22.0. The average Bonchev–Trinajstić information content (AvgIpc) is 3.65. The molecule has 0 spiro atoms. The van der Waals surface area contributed by atoms with E-state index in [1.54, 1.807) is 46.4 Å². The van der Waals surface area contributed by atoms with E-state index in [1.165, 1.54) is 4.90 Å². The number of ketones is 1. The molecule has 0 aromatic carbocycles. The van der Waals surface area contributed by atoms with E-state index in [-0.39, 0.29) is 25.4 Å². The van der Waals surface area contributed by atoms with Gasteiger partial charge < -0.3 is 35.2 Å². The first-order valence-electron chi connectivity index (χ1n) is 15.9. The monoisotopic (exact) mass is 621 g/mol. The van der Waals surface area contributed by atoms with Crippen molar-refractivity contribution in [2.24, 2.45) is 5.41 Å². The van der Waals surface area contributed by atoms with Crippen molar-refractivity contribution in [2.45, 2.75) is 136 Å². The van der Waals surface area contributed by atoms with Gasteiger partial charge in [0.2, 0.25) is 11.7 Å². The van der Waals surface area contributed by atoms with Crippen molar-refractivity contribution in [1.29, 1.82) is 0 Å². The lowest BCUT2D eigenvalue weighted by Gasteiger charge is -2.34. The standard InChI is InChI=1S/C31H51N5O8/c1-8-12-21(23(37)26(39)32-19-13-14-19)33-28(41)36-18-20(43-29(42)35-15-10-9-11-16-35)17-22(36)25(38)34-24(30(2,3)4)27(40)44-31(5,6)7/h19-22,24H,8-18H2,1-7H3,(H,32,39)(H,33,41)(H,34,38)/t20-,21?,22-,24+/m0/s1. The van der Waals surface area contributed by atoms with Crippen molar-refractivity contribution < 1.29 is 38.2 Å². The summed E-state index contributed by atoms with van der Waals surface area (Å²) in [5, 5.41) is 8.08. The van der Waals surface area contributed by atoms with Crippen molar-refractivity contribution in [3.63, 3.8) is 0 Å². The Hall–Kier alpha value is -3.38. The second-order valence-corrected chi connectivity index (χ2v) is 14.2. The maximum Gasteiger partial charge on any atom is 0.410 e. The minimum Gasteiger partial charge on any atom is -0.458 e. The molecule has 2 saturated heterocycles. The highest BCUT2D eigenvalue weighted by Crippen LogP contribution is 2.26. The lowest BCUT2D eigenvalue weighted by atomic mass is 9.86. The van der Waals surface area contributed by atoms with E-state index in [2.05, 4.69) is 16.0 Å². The molecule has 0 bridgehead atoms. The number of carbonyl (C=O) groups is 6. The summed E-state index contributed by atoms with van der Waals surface area (Å²) < 4.78 is 11.3. The third kappa shape index (κ3) is 10.1. The second-order valence-electron chi connectivity index (χ2n) is 14.2. The second kappa shape index (κ2) is 14.6. The number of likely N-dealkylation sites (tertiary alicyclic amines) is 2. The van der Waals surface area contributed by atoms with Crippen LogP contribution >= 0.6 is 0 Å². The Morgan fingerprint density at radius 1 is 0.909 bits per heavy atom. The zero-order valence-electron chi connectivity index (χ0n) is 27.3. The first kappa shape index (κ1) is 35.1. The van der Waals surface area contributed by atoms with E-state index in [0.29, 0.717) is 19.5 Å². The number of ether oxygens (including phenoxy) is 2. The Morgan fingerprint density at radius 3 is 2.09 bits per heavy atom. The van der Waals surface area contributed by atoms with Crippen LogP contribution in [0.25, 0.3) is 0 Å². The van der Waals surface area contributed by atoms with Gasteiger partial charge >= 0.3 is 18.1 Å². The van der Waals surface area contributed by atoms with Crippen LogP contribution in [0.15, 0.2) is 0 Å². The van der Waals surface area contributed by atoms with Crippen LogP contribution in [-0.4, -0.2) is 101 Å². The summed E-state index contributed by atoms with van der Waals surface area (Å²) in [5.41, 5.74) is -1.51. The van der Waals surface area contributed by atoms with Gasteiger partial charge in [0.1, 0.15) is 23.8 Å². The number of carbonyl (C=O) groups excluding carboxylic acids is 6. The highest BCUT2D eigenvalue weighted by Gasteiger charge is 2.45. The number of hydrogen-bond acceptors (Lipinski definition) is 8. The van der Waals surface area contributed by atoms with Gasteiger partial charge in [0.15, 0.2) is 0 Å². The molecule has 0 aromatic rings. The van der Waals surface area contributed by atoms with Gasteiger partial charge in [0.25, 0.3) is 5.91 Å². The largest absolute Gasteiger partial charge is 0.458 e. The van der Waals surface area contributed by atoms with E-state index in [4.69, 9.17) is 9.47 Å². The molecule has 13 heteroatoms. The molecule has 1 saturated carbocycles. The quantitative estimate of drug-likeness (QED) is 0.248. The Labute approximate surface area is 260 Å². The first-order valence-corrected chi connectivity index (χ1v) is 15.9. The van der Waals surface area contributed by atoms with Crippen LogP contribution in [0.1, 0.15) is 99.8 Å². The topological polar surface area (TPSA) is 163 Å². The van der Waals surface area contributed by atoms with Crippen molar-refractivity contribution in [3.05, 3.63) is 0 Å². The fraction of sp³-hybridized carbons (Fsp3) is 0.806. The summed E-state index contributed by atoms with van der Waals surface area (Å²) in [6.45, 7) is 13.4. The van der Waals surface area contributed by atoms with Gasteiger partial charge in [-0.25, -0.2) is 14.4 Å². The zero-order valence-corrected chi connectivity index (χ0v) is 27.3. The molecule has 1 unspecified atom stereocenters. The summed E-state index contributed by atoms with van der Waals surface area (Å²) >= 11 is 0. The fourth-order valence-corrected chi connectivity index (χ4v) is 5.31. The number of nitrogens with zero attached hydrogens (tertiary/aromatic N) is 2. The Bertz CT molecular complexity index is 1090. The van der Waals surface area contributed by atoms with Gasteiger partial charge in [-0.15, -0.1) is 0 Å². The maximum absolute atomic E-state index is 13.8. The summed E-state index contributed by atoms with van der Waals surface area (Å²) in [7, 11) is 0. The molecular formula is C31H51N5O8. The minimum absolute atomic E-state index is 0.00142. The summed E-state index contributed by atoms with van der Waals surface area (Å²) in [6, 6.07) is -3.99. The smallest absolute Gasteiger partial charge is 0.410 e. The molecule has 2 aliphatic heterocycles. The number of Topliss-reactive ketones (excluding diaryl/α,β-unsaturated/α-hetero) is 1. The summed E-state index contributed by atoms with van der Waals surface area (Å²) in [4.78, 5) is 81.7. The van der Waals surface area contributed by atoms with Gasteiger partial charge in [-0.3, -0.25) is 14.4 Å². The van der Waals surface area contributed by atoms with Crippen LogP contribution in [0.5, 0.6) is 0 Å². The number of nitrogens with one attached hydrogen (secondary N) is 3. The molecule has 3 aliphatic rings. The SMILES string of the molecule is CCCC(NC(=O)N1C[C@@H](OC(=O)N2CCCCC2)C[C@H]1C(=O)N[C@H](C(=O)OC(C)(C)C)C(C)(C)C)C(=O)C(=O)NC1CC1. The lowest BCUT2D eigenvalue weighted by Crippen LogP contribution is -2.58. The van der Waals surface area contributed by atoms with Gasteiger partial charge in [-0.05, 0) is 64.7 Å². The van der Waals surface area contributed by atoms with Crippen molar-refractivity contribution in [3.8, 4) is 0 Å². The number of esters is 1. The van der Waals surface area contributed by atoms with E-state index in [0.717, 1.165) is 32.1 Å². The van der Waals surface area contributed by atoms with Gasteiger partial charge in [-0.2, -0.15) is 0 Å². The van der Waals surface area contributed by atoms with Gasteiger partial charge in [-0.1, -0.05) is 34.1 Å². The number of amides is 5. The highest BCUT2D eigenvalue weighted by molar-refractivity contribution is 6.38. The van der Waals surface area contributed by atoms with Gasteiger partial charge in [0, 0.05) is 25.6 Å². The molecule has 1 aliphatic carbocycles. The highest BCUT2D eigenvalue weighted by atomic mass is 16.6. The molecule has 3 N–H and O–H groups in total. The number of urea groups is 1. The van der Waals surface area contributed by atoms with E-state index in [1.807, 2.05) is 6.92 Å². The van der Waals surface area contributed by atoms with E-state index >= 15 is 0 Å². The molecule has 3 rings (SSSR count). The van der Waals surface area contributed by atoms with Crippen LogP contribution < -0.4 is 16.0 Å². The van der Waals surface area contributed by atoms with Gasteiger partial charge in [0.05, 0.1) is 12.6 Å². The molecule has 4 atom stereocenters. The third-order valence-corrected chi connectivity index (χ3v) is 7.83. The lowest BCUT2D eigenvalue weighted by molar-refractivity contribution is -0.162. The minimum atomic E-state index is -1.11. The Morgan fingerprint density at radius 2 is 1.55 bits per heavy atom. The van der Waals surface area contributed by atoms with E-state index < -0.39 is 70.9 Å². The molecule has 2 heterocycles. The van der Waals surface area contributed by atoms with Crippen LogP contribution in [0.4, 0.5) is 9.59 Å². The Kier molecular flexibility index (Phi) is 11.6. The number of hydrogen-bond donors (Lipinski definition) is 3. The van der Waals surface area contributed by atoms with Crippen molar-refractivity contribution in [1.82, 2.24) is 25.8 Å². The number of piperidine rings is 1. The third-order valence-electron chi connectivity index (χ3n) is 7.83. The molecule has 44 heavy (non-hydrogen) atoms. The Balaban J connectivity index is 1.80. The van der Waals surface area contributed by atoms with Crippen molar-refractivity contribution >= 4 is 35.7 Å². The van der Waals surface area contributed by atoms with E-state index in [9.17, 15) is 28.8 Å². The van der Waals surface area contributed by atoms with Crippen molar-refractivity contribution in [2.75, 3.05) is 19.6 Å². The maximum atomic E-state index is 13.8. The van der Waals surface area contributed by atoms with Crippen LogP contribution in [0.2, 0.25) is 0 Å². The molecule has 0 radical (unpaired) electrons.